The van der Waals surface area contributed by atoms with Crippen LogP contribution in [0.4, 0.5) is 10.8 Å². The van der Waals surface area contributed by atoms with Gasteiger partial charge in [0.2, 0.25) is 11.0 Å². The summed E-state index contributed by atoms with van der Waals surface area (Å²) in [4.78, 5) is 36.2. The van der Waals surface area contributed by atoms with Crippen molar-refractivity contribution in [3.8, 4) is 0 Å². The van der Waals surface area contributed by atoms with Crippen molar-refractivity contribution in [2.24, 2.45) is 0 Å². The summed E-state index contributed by atoms with van der Waals surface area (Å²) in [5.74, 6) is -0.647. The van der Waals surface area contributed by atoms with Gasteiger partial charge in [-0.15, -0.1) is 10.2 Å². The number of hydrogen-bond acceptors (Lipinski definition) is 6. The highest BCUT2D eigenvalue weighted by Gasteiger charge is 2.12. The third kappa shape index (κ3) is 6.69. The van der Waals surface area contributed by atoms with E-state index in [9.17, 15) is 14.4 Å². The quantitative estimate of drug-likeness (QED) is 0.433. The Morgan fingerprint density at radius 2 is 1.71 bits per heavy atom. The average molecular weight is 502 g/mol. The van der Waals surface area contributed by atoms with E-state index in [0.29, 0.717) is 46.3 Å². The van der Waals surface area contributed by atoms with Gasteiger partial charge in [0.25, 0.3) is 11.8 Å². The minimum Gasteiger partial charge on any atom is -0.352 e. The molecule has 160 valence electrons. The zero-order chi connectivity index (χ0) is 22.2. The summed E-state index contributed by atoms with van der Waals surface area (Å²) >= 11 is 4.58. The molecule has 0 aliphatic rings. The van der Waals surface area contributed by atoms with Crippen LogP contribution in [0, 0.1) is 0 Å². The predicted octanol–water partition coefficient (Wildman–Crippen LogP) is 3.87. The molecular formula is C21H20BrN5O3S. The molecule has 0 bridgehead atoms. The van der Waals surface area contributed by atoms with Crippen molar-refractivity contribution in [3.63, 3.8) is 0 Å². The molecule has 0 fully saturated rings. The summed E-state index contributed by atoms with van der Waals surface area (Å²) in [6.45, 7) is 2.15. The Labute approximate surface area is 191 Å². The van der Waals surface area contributed by atoms with Crippen LogP contribution >= 0.6 is 27.3 Å². The average Bonchev–Trinajstić information content (AvgIpc) is 3.20. The van der Waals surface area contributed by atoms with E-state index in [1.807, 2.05) is 6.07 Å². The van der Waals surface area contributed by atoms with E-state index in [4.69, 9.17) is 0 Å². The molecule has 0 aliphatic heterocycles. The summed E-state index contributed by atoms with van der Waals surface area (Å²) in [6.07, 6.45) is 0.846. The Hall–Kier alpha value is -3.11. The lowest BCUT2D eigenvalue weighted by Gasteiger charge is -2.06. The Balaban J connectivity index is 1.51. The molecule has 0 saturated carbocycles. The van der Waals surface area contributed by atoms with Crippen molar-refractivity contribution in [2.45, 2.75) is 19.8 Å². The van der Waals surface area contributed by atoms with Crippen molar-refractivity contribution >= 4 is 55.8 Å². The minimum absolute atomic E-state index is 0.127. The Morgan fingerprint density at radius 3 is 2.45 bits per heavy atom. The van der Waals surface area contributed by atoms with Gasteiger partial charge in [0.05, 0.1) is 0 Å². The van der Waals surface area contributed by atoms with Crippen LogP contribution in [0.15, 0.2) is 53.0 Å². The van der Waals surface area contributed by atoms with Gasteiger partial charge in [-0.25, -0.2) is 0 Å². The third-order valence-corrected chi connectivity index (χ3v) is 5.52. The van der Waals surface area contributed by atoms with E-state index in [2.05, 4.69) is 42.1 Å². The number of amides is 3. The van der Waals surface area contributed by atoms with E-state index in [0.717, 1.165) is 4.47 Å². The lowest BCUT2D eigenvalue weighted by Crippen LogP contribution is -2.25. The zero-order valence-electron chi connectivity index (χ0n) is 16.6. The topological polar surface area (TPSA) is 113 Å². The van der Waals surface area contributed by atoms with E-state index in [1.165, 1.54) is 11.3 Å². The van der Waals surface area contributed by atoms with Gasteiger partial charge in [0.1, 0.15) is 5.01 Å². The molecule has 8 nitrogen and oxygen atoms in total. The second kappa shape index (κ2) is 10.8. The first-order valence-electron chi connectivity index (χ1n) is 9.52. The monoisotopic (exact) mass is 501 g/mol. The number of carbonyl (C=O) groups excluding carboxylic acids is 3. The molecule has 0 saturated heterocycles. The van der Waals surface area contributed by atoms with Crippen LogP contribution in [-0.4, -0.2) is 34.5 Å². The second-order valence-corrected chi connectivity index (χ2v) is 8.43. The lowest BCUT2D eigenvalue weighted by molar-refractivity contribution is -0.115. The maximum Gasteiger partial charge on any atom is 0.257 e. The third-order valence-electron chi connectivity index (χ3n) is 4.13. The fourth-order valence-corrected chi connectivity index (χ4v) is 3.71. The Kier molecular flexibility index (Phi) is 7.85. The highest BCUT2D eigenvalue weighted by molar-refractivity contribution is 9.10. The molecule has 10 heteroatoms. The standard InChI is InChI=1S/C21H20BrN5O3S/c1-2-17(28)24-16-8-4-6-14(12-16)20(30)25-21-27-26-18(31-21)9-10-23-19(29)13-5-3-7-15(22)11-13/h3-8,11-12H,2,9-10H2,1H3,(H,23,29)(H,24,28)(H,25,27,30). The smallest absolute Gasteiger partial charge is 0.257 e. The molecule has 3 amide bonds. The zero-order valence-corrected chi connectivity index (χ0v) is 19.0. The first kappa shape index (κ1) is 22.6. The van der Waals surface area contributed by atoms with Gasteiger partial charge in [-0.2, -0.15) is 0 Å². The van der Waals surface area contributed by atoms with Gasteiger partial charge in [0, 0.05) is 40.7 Å². The molecule has 2 aromatic carbocycles. The van der Waals surface area contributed by atoms with Crippen molar-refractivity contribution < 1.29 is 14.4 Å². The molecule has 3 N–H and O–H groups in total. The molecule has 0 atom stereocenters. The Bertz CT molecular complexity index is 1100. The number of rotatable bonds is 8. The highest BCUT2D eigenvalue weighted by atomic mass is 79.9. The minimum atomic E-state index is -0.349. The SMILES string of the molecule is CCC(=O)Nc1cccc(C(=O)Nc2nnc(CCNC(=O)c3cccc(Br)c3)s2)c1. The van der Waals surface area contributed by atoms with Crippen LogP contribution < -0.4 is 16.0 Å². The molecule has 0 radical (unpaired) electrons. The molecule has 0 unspecified atom stereocenters. The van der Waals surface area contributed by atoms with Crippen LogP contribution in [0.1, 0.15) is 39.1 Å². The fraction of sp³-hybridized carbons (Fsp3) is 0.190. The van der Waals surface area contributed by atoms with Crippen LogP contribution in [0.5, 0.6) is 0 Å². The molecule has 31 heavy (non-hydrogen) atoms. The van der Waals surface area contributed by atoms with Crippen LogP contribution in [0.3, 0.4) is 0 Å². The number of nitrogens with zero attached hydrogens (tertiary/aromatic N) is 2. The molecule has 3 rings (SSSR count). The Morgan fingerprint density at radius 1 is 0.968 bits per heavy atom. The number of nitrogens with one attached hydrogen (secondary N) is 3. The maximum absolute atomic E-state index is 12.5. The molecule has 0 spiro atoms. The van der Waals surface area contributed by atoms with Crippen molar-refractivity contribution in [3.05, 3.63) is 69.1 Å². The number of halogens is 1. The first-order valence-corrected chi connectivity index (χ1v) is 11.1. The largest absolute Gasteiger partial charge is 0.352 e. The van der Waals surface area contributed by atoms with Crippen LogP contribution in [0.25, 0.3) is 0 Å². The summed E-state index contributed by atoms with van der Waals surface area (Å²) in [6, 6.07) is 13.8. The number of hydrogen-bond donors (Lipinski definition) is 3. The summed E-state index contributed by atoms with van der Waals surface area (Å²) < 4.78 is 0.836. The summed E-state index contributed by atoms with van der Waals surface area (Å²) in [7, 11) is 0. The van der Waals surface area contributed by atoms with E-state index in [-0.39, 0.29) is 17.7 Å². The fourth-order valence-electron chi connectivity index (χ4n) is 2.58. The molecule has 0 aliphatic carbocycles. The van der Waals surface area contributed by atoms with Gasteiger partial charge in [-0.05, 0) is 36.4 Å². The van der Waals surface area contributed by atoms with Gasteiger partial charge in [0.15, 0.2) is 0 Å². The lowest BCUT2D eigenvalue weighted by atomic mass is 10.2. The summed E-state index contributed by atoms with van der Waals surface area (Å²) in [5, 5.41) is 17.3. The number of aromatic nitrogens is 2. The predicted molar refractivity (Wildman–Crippen MR) is 123 cm³/mol. The van der Waals surface area contributed by atoms with E-state index in [1.54, 1.807) is 49.4 Å². The number of benzene rings is 2. The summed E-state index contributed by atoms with van der Waals surface area (Å²) in [5.41, 5.74) is 1.52. The van der Waals surface area contributed by atoms with Gasteiger partial charge >= 0.3 is 0 Å². The second-order valence-electron chi connectivity index (χ2n) is 6.45. The molecule has 1 heterocycles. The number of anilines is 2. The van der Waals surface area contributed by atoms with Gasteiger partial charge in [-0.3, -0.25) is 19.7 Å². The molecule has 3 aromatic rings. The van der Waals surface area contributed by atoms with Crippen molar-refractivity contribution in [1.29, 1.82) is 0 Å². The van der Waals surface area contributed by atoms with E-state index >= 15 is 0 Å². The highest BCUT2D eigenvalue weighted by Crippen LogP contribution is 2.18. The van der Waals surface area contributed by atoms with Crippen LogP contribution in [-0.2, 0) is 11.2 Å². The molecular weight excluding hydrogens is 482 g/mol. The number of carbonyl (C=O) groups is 3. The van der Waals surface area contributed by atoms with E-state index < -0.39 is 0 Å². The van der Waals surface area contributed by atoms with Gasteiger partial charge in [-0.1, -0.05) is 46.3 Å². The maximum atomic E-state index is 12.5. The molecule has 1 aromatic heterocycles. The van der Waals surface area contributed by atoms with Crippen LogP contribution in [0.2, 0.25) is 0 Å². The van der Waals surface area contributed by atoms with Crippen molar-refractivity contribution in [1.82, 2.24) is 15.5 Å². The van der Waals surface area contributed by atoms with Gasteiger partial charge < -0.3 is 10.6 Å². The van der Waals surface area contributed by atoms with Crippen molar-refractivity contribution in [2.75, 3.05) is 17.2 Å². The normalized spacial score (nSPS) is 10.4. The first-order chi connectivity index (χ1) is 14.9.